The Bertz CT molecular complexity index is 464. The maximum atomic E-state index is 9.71. The number of ether oxygens (including phenoxy) is 1. The first kappa shape index (κ1) is 13.1. The van der Waals surface area contributed by atoms with Crippen LogP contribution < -0.4 is 10.1 Å². The van der Waals surface area contributed by atoms with Crippen molar-refractivity contribution in [3.8, 4) is 5.88 Å². The third-order valence-corrected chi connectivity index (χ3v) is 2.86. The van der Waals surface area contributed by atoms with Gasteiger partial charge in [0.05, 0.1) is 11.7 Å². The Labute approximate surface area is 114 Å². The Morgan fingerprint density at radius 2 is 2.17 bits per heavy atom. The SMILES string of the molecule is OC(CNc1ccc(Cl)cc1)COc1cnsn1. The van der Waals surface area contributed by atoms with E-state index < -0.39 is 6.10 Å². The molecule has 0 fully saturated rings. The summed E-state index contributed by atoms with van der Waals surface area (Å²) >= 11 is 6.84. The highest BCUT2D eigenvalue weighted by molar-refractivity contribution is 6.99. The van der Waals surface area contributed by atoms with Crippen LogP contribution in [0.1, 0.15) is 0 Å². The van der Waals surface area contributed by atoms with E-state index in [0.29, 0.717) is 17.4 Å². The summed E-state index contributed by atoms with van der Waals surface area (Å²) in [6.45, 7) is 0.561. The summed E-state index contributed by atoms with van der Waals surface area (Å²) in [6.07, 6.45) is 0.895. The van der Waals surface area contributed by atoms with Crippen LogP contribution in [0.2, 0.25) is 5.02 Å². The van der Waals surface area contributed by atoms with E-state index in [0.717, 1.165) is 17.4 Å². The molecule has 0 aliphatic heterocycles. The highest BCUT2D eigenvalue weighted by Gasteiger charge is 2.06. The van der Waals surface area contributed by atoms with Crippen LogP contribution in [0.25, 0.3) is 0 Å². The van der Waals surface area contributed by atoms with Gasteiger partial charge < -0.3 is 15.2 Å². The lowest BCUT2D eigenvalue weighted by atomic mass is 10.3. The molecular formula is C11H12ClN3O2S. The summed E-state index contributed by atoms with van der Waals surface area (Å²) in [6, 6.07) is 7.27. The quantitative estimate of drug-likeness (QED) is 0.850. The first-order valence-electron chi connectivity index (χ1n) is 5.32. The van der Waals surface area contributed by atoms with Crippen LogP contribution in [-0.2, 0) is 0 Å². The number of hydrogen-bond donors (Lipinski definition) is 2. The summed E-state index contributed by atoms with van der Waals surface area (Å²) in [5.74, 6) is 0.436. The van der Waals surface area contributed by atoms with Gasteiger partial charge in [-0.3, -0.25) is 0 Å². The highest BCUT2D eigenvalue weighted by atomic mass is 35.5. The van der Waals surface area contributed by atoms with Crippen LogP contribution in [0, 0.1) is 0 Å². The van der Waals surface area contributed by atoms with Crippen LogP contribution in [0.4, 0.5) is 5.69 Å². The maximum Gasteiger partial charge on any atom is 0.245 e. The molecule has 0 spiro atoms. The number of aliphatic hydroxyl groups excluding tert-OH is 1. The van der Waals surface area contributed by atoms with Crippen LogP contribution >= 0.6 is 23.3 Å². The van der Waals surface area contributed by atoms with Gasteiger partial charge in [0.1, 0.15) is 18.9 Å². The molecule has 7 heteroatoms. The summed E-state index contributed by atoms with van der Waals surface area (Å²) in [5, 5.41) is 13.5. The van der Waals surface area contributed by atoms with Gasteiger partial charge in [0.2, 0.25) is 5.88 Å². The smallest absolute Gasteiger partial charge is 0.245 e. The van der Waals surface area contributed by atoms with Crippen LogP contribution in [-0.4, -0.2) is 33.1 Å². The second-order valence-corrected chi connectivity index (χ2v) is 4.59. The Balaban J connectivity index is 1.71. The minimum atomic E-state index is -0.623. The van der Waals surface area contributed by atoms with Gasteiger partial charge in [-0.15, -0.1) is 4.37 Å². The zero-order valence-electron chi connectivity index (χ0n) is 9.41. The van der Waals surface area contributed by atoms with Gasteiger partial charge in [0, 0.05) is 17.3 Å². The van der Waals surface area contributed by atoms with Crippen molar-refractivity contribution in [1.29, 1.82) is 0 Å². The number of aromatic nitrogens is 2. The molecule has 96 valence electrons. The Hall–Kier alpha value is -1.37. The normalized spacial score (nSPS) is 12.1. The molecule has 0 saturated heterocycles. The fourth-order valence-corrected chi connectivity index (χ4v) is 1.75. The zero-order chi connectivity index (χ0) is 12.8. The average molecular weight is 286 g/mol. The number of rotatable bonds is 6. The minimum absolute atomic E-state index is 0.173. The third-order valence-electron chi connectivity index (χ3n) is 2.15. The molecule has 18 heavy (non-hydrogen) atoms. The molecule has 5 nitrogen and oxygen atoms in total. The molecular weight excluding hydrogens is 274 g/mol. The number of benzene rings is 1. The molecule has 1 heterocycles. The van der Waals surface area contributed by atoms with Crippen molar-refractivity contribution in [2.45, 2.75) is 6.10 Å². The lowest BCUT2D eigenvalue weighted by Gasteiger charge is -2.12. The molecule has 0 radical (unpaired) electrons. The summed E-state index contributed by atoms with van der Waals surface area (Å²) in [5.41, 5.74) is 0.897. The summed E-state index contributed by atoms with van der Waals surface area (Å²) in [7, 11) is 0. The van der Waals surface area contributed by atoms with Gasteiger partial charge in [-0.1, -0.05) is 11.6 Å². The fourth-order valence-electron chi connectivity index (χ4n) is 1.26. The Kier molecular flexibility index (Phi) is 4.74. The maximum absolute atomic E-state index is 9.71. The van der Waals surface area contributed by atoms with Gasteiger partial charge in [-0.05, 0) is 24.3 Å². The van der Waals surface area contributed by atoms with Gasteiger partial charge in [-0.2, -0.15) is 4.37 Å². The summed E-state index contributed by atoms with van der Waals surface area (Å²) < 4.78 is 12.9. The molecule has 1 aromatic carbocycles. The van der Waals surface area contributed by atoms with E-state index in [1.807, 2.05) is 12.1 Å². The molecule has 1 aromatic heterocycles. The van der Waals surface area contributed by atoms with Crippen LogP contribution in [0.15, 0.2) is 30.5 Å². The van der Waals surface area contributed by atoms with E-state index in [4.69, 9.17) is 16.3 Å². The van der Waals surface area contributed by atoms with E-state index >= 15 is 0 Å². The fraction of sp³-hybridized carbons (Fsp3) is 0.273. The molecule has 2 rings (SSSR count). The van der Waals surface area contributed by atoms with Gasteiger partial charge in [0.25, 0.3) is 0 Å². The van der Waals surface area contributed by atoms with Crippen molar-refractivity contribution in [2.24, 2.45) is 0 Å². The minimum Gasteiger partial charge on any atom is -0.473 e. The topological polar surface area (TPSA) is 67.3 Å². The number of halogens is 1. The lowest BCUT2D eigenvalue weighted by Crippen LogP contribution is -2.26. The molecule has 0 saturated carbocycles. The molecule has 0 amide bonds. The molecule has 0 aliphatic rings. The average Bonchev–Trinajstić information content (AvgIpc) is 2.89. The lowest BCUT2D eigenvalue weighted by molar-refractivity contribution is 0.115. The van der Waals surface area contributed by atoms with Crippen molar-refractivity contribution < 1.29 is 9.84 Å². The number of nitrogens with zero attached hydrogens (tertiary/aromatic N) is 2. The third kappa shape index (κ3) is 4.14. The van der Waals surface area contributed by atoms with Gasteiger partial charge in [0.15, 0.2) is 0 Å². The molecule has 0 aliphatic carbocycles. The van der Waals surface area contributed by atoms with E-state index in [2.05, 4.69) is 14.1 Å². The largest absolute Gasteiger partial charge is 0.473 e. The summed E-state index contributed by atoms with van der Waals surface area (Å²) in [4.78, 5) is 0. The predicted molar refractivity (Wildman–Crippen MR) is 71.4 cm³/mol. The van der Waals surface area contributed by atoms with Crippen molar-refractivity contribution in [3.63, 3.8) is 0 Å². The molecule has 2 aromatic rings. The second-order valence-electron chi connectivity index (χ2n) is 3.60. The molecule has 1 atom stereocenters. The molecule has 1 unspecified atom stereocenters. The Morgan fingerprint density at radius 3 is 2.83 bits per heavy atom. The predicted octanol–water partition coefficient (Wildman–Crippen LogP) is 2.04. The van der Waals surface area contributed by atoms with Gasteiger partial charge >= 0.3 is 0 Å². The highest BCUT2D eigenvalue weighted by Crippen LogP contribution is 2.13. The van der Waals surface area contributed by atoms with Crippen LogP contribution in [0.5, 0.6) is 5.88 Å². The van der Waals surface area contributed by atoms with Crippen molar-refractivity contribution in [1.82, 2.24) is 8.75 Å². The van der Waals surface area contributed by atoms with Crippen molar-refractivity contribution in [2.75, 3.05) is 18.5 Å². The van der Waals surface area contributed by atoms with E-state index in [1.54, 1.807) is 12.1 Å². The second kappa shape index (κ2) is 6.53. The monoisotopic (exact) mass is 285 g/mol. The van der Waals surface area contributed by atoms with E-state index in [-0.39, 0.29) is 6.61 Å². The standard InChI is InChI=1S/C11H12ClN3O2S/c12-8-1-3-9(4-2-8)13-5-10(16)7-17-11-6-14-18-15-11/h1-4,6,10,13,16H,5,7H2. The zero-order valence-corrected chi connectivity index (χ0v) is 11.0. The van der Waals surface area contributed by atoms with E-state index in [9.17, 15) is 5.11 Å². The number of anilines is 1. The number of nitrogens with one attached hydrogen (secondary N) is 1. The first-order chi connectivity index (χ1) is 8.74. The number of hydrogen-bond acceptors (Lipinski definition) is 6. The molecule has 2 N–H and O–H groups in total. The Morgan fingerprint density at radius 1 is 1.39 bits per heavy atom. The van der Waals surface area contributed by atoms with E-state index in [1.165, 1.54) is 6.20 Å². The van der Waals surface area contributed by atoms with Crippen molar-refractivity contribution in [3.05, 3.63) is 35.5 Å². The number of aliphatic hydroxyl groups is 1. The molecule has 0 bridgehead atoms. The van der Waals surface area contributed by atoms with Crippen molar-refractivity contribution >= 4 is 29.0 Å². The first-order valence-corrected chi connectivity index (χ1v) is 6.43. The van der Waals surface area contributed by atoms with Crippen LogP contribution in [0.3, 0.4) is 0 Å². The van der Waals surface area contributed by atoms with Gasteiger partial charge in [-0.25, -0.2) is 0 Å².